The summed E-state index contributed by atoms with van der Waals surface area (Å²) >= 11 is 0. The third-order valence-corrected chi connectivity index (χ3v) is 2.16. The number of carbonyl (C=O) groups excluding carboxylic acids is 1. The fourth-order valence-corrected chi connectivity index (χ4v) is 1.09. The van der Waals surface area contributed by atoms with Crippen LogP contribution in [-0.4, -0.2) is 12.6 Å². The minimum absolute atomic E-state index is 0.330. The number of benzene rings is 1. The van der Waals surface area contributed by atoms with Crippen LogP contribution in [0.5, 0.6) is 0 Å². The van der Waals surface area contributed by atoms with Crippen molar-refractivity contribution in [3.63, 3.8) is 0 Å². The first-order valence-electron chi connectivity index (χ1n) is 6.07. The van der Waals surface area contributed by atoms with Crippen molar-refractivity contribution in [1.29, 1.82) is 0 Å². The Morgan fingerprint density at radius 1 is 1.29 bits per heavy atom. The number of hydrogen-bond donors (Lipinski definition) is 0. The normalized spacial score (nSPS) is 8.82. The largest absolute Gasteiger partial charge is 0.463 e. The Kier molecular flexibility index (Phi) is 9.92. The van der Waals surface area contributed by atoms with Gasteiger partial charge in [0.1, 0.15) is 0 Å². The van der Waals surface area contributed by atoms with E-state index in [2.05, 4.69) is 42.5 Å². The monoisotopic (exact) mass is 234 g/mol. The maximum absolute atomic E-state index is 10.3. The van der Waals surface area contributed by atoms with Crippen molar-refractivity contribution in [2.24, 2.45) is 0 Å². The van der Waals surface area contributed by atoms with Gasteiger partial charge >= 0.3 is 5.97 Å². The van der Waals surface area contributed by atoms with E-state index in [1.165, 1.54) is 11.6 Å². The molecule has 0 saturated heterocycles. The van der Waals surface area contributed by atoms with E-state index in [9.17, 15) is 4.79 Å². The van der Waals surface area contributed by atoms with E-state index < -0.39 is 0 Å². The molecule has 0 radical (unpaired) electrons. The Bertz CT molecular complexity index is 304. The molecule has 0 aliphatic heterocycles. The minimum atomic E-state index is -0.330. The molecule has 2 nitrogen and oxygen atoms in total. The third-order valence-electron chi connectivity index (χ3n) is 2.16. The van der Waals surface area contributed by atoms with Crippen LogP contribution in [0.4, 0.5) is 0 Å². The number of aryl methyl sites for hydroxylation is 1. The van der Waals surface area contributed by atoms with Crippen molar-refractivity contribution in [1.82, 2.24) is 0 Å². The lowest BCUT2D eigenvalue weighted by atomic mass is 10.2. The number of carbonyl (C=O) groups is 1. The zero-order valence-corrected chi connectivity index (χ0v) is 10.8. The lowest BCUT2D eigenvalue weighted by Gasteiger charge is -1.97. The summed E-state index contributed by atoms with van der Waals surface area (Å²) in [4.78, 5) is 10.3. The van der Waals surface area contributed by atoms with Crippen LogP contribution >= 0.6 is 0 Å². The van der Waals surface area contributed by atoms with E-state index in [-0.39, 0.29) is 5.97 Å². The highest BCUT2D eigenvalue weighted by molar-refractivity contribution is 5.81. The van der Waals surface area contributed by atoms with Crippen LogP contribution in [0.25, 0.3) is 0 Å². The SMILES string of the molecule is C=CC(=O)OCCCC.CCc1ccccc1. The second kappa shape index (κ2) is 10.9. The summed E-state index contributed by atoms with van der Waals surface area (Å²) in [7, 11) is 0. The molecule has 0 aliphatic rings. The third kappa shape index (κ3) is 9.36. The molecule has 0 saturated carbocycles. The van der Waals surface area contributed by atoms with Gasteiger partial charge < -0.3 is 4.74 Å². The van der Waals surface area contributed by atoms with Gasteiger partial charge in [0.15, 0.2) is 0 Å². The highest BCUT2D eigenvalue weighted by Gasteiger charge is 1.91. The molecule has 1 rings (SSSR count). The number of unbranched alkanes of at least 4 members (excludes halogenated alkanes) is 1. The standard InChI is InChI=1S/C8H10.C7H12O2/c1-2-8-6-4-3-5-7-8;1-3-5-6-9-7(8)4-2/h3-7H,2H2,1H3;4H,2-3,5-6H2,1H3. The van der Waals surface area contributed by atoms with E-state index >= 15 is 0 Å². The van der Waals surface area contributed by atoms with Crippen LogP contribution in [0.2, 0.25) is 0 Å². The molecule has 1 aromatic carbocycles. The molecule has 0 unspecified atom stereocenters. The number of rotatable bonds is 5. The Morgan fingerprint density at radius 3 is 2.35 bits per heavy atom. The average molecular weight is 234 g/mol. The van der Waals surface area contributed by atoms with Gasteiger partial charge in [-0.15, -0.1) is 0 Å². The lowest BCUT2D eigenvalue weighted by molar-refractivity contribution is -0.137. The molecule has 0 aliphatic carbocycles. The zero-order valence-electron chi connectivity index (χ0n) is 10.8. The summed E-state index contributed by atoms with van der Waals surface area (Å²) in [5, 5.41) is 0. The highest BCUT2D eigenvalue weighted by atomic mass is 16.5. The maximum Gasteiger partial charge on any atom is 0.330 e. The van der Waals surface area contributed by atoms with Crippen LogP contribution in [0.15, 0.2) is 43.0 Å². The number of esters is 1. The van der Waals surface area contributed by atoms with E-state index in [0.717, 1.165) is 19.3 Å². The summed E-state index contributed by atoms with van der Waals surface area (Å²) in [5.74, 6) is -0.330. The topological polar surface area (TPSA) is 26.3 Å². The van der Waals surface area contributed by atoms with Gasteiger partial charge in [-0.1, -0.05) is 57.2 Å². The molecule has 0 heterocycles. The first-order chi connectivity index (χ1) is 8.24. The Morgan fingerprint density at radius 2 is 1.94 bits per heavy atom. The van der Waals surface area contributed by atoms with Crippen LogP contribution < -0.4 is 0 Å². The van der Waals surface area contributed by atoms with Crippen LogP contribution in [0.1, 0.15) is 32.3 Å². The van der Waals surface area contributed by atoms with Gasteiger partial charge in [-0.3, -0.25) is 0 Å². The van der Waals surface area contributed by atoms with Crippen LogP contribution in [0.3, 0.4) is 0 Å². The number of ether oxygens (including phenoxy) is 1. The molecule has 0 bridgehead atoms. The van der Waals surface area contributed by atoms with Gasteiger partial charge in [-0.25, -0.2) is 4.79 Å². The molecular formula is C15H22O2. The summed E-state index contributed by atoms with van der Waals surface area (Å²) in [5.41, 5.74) is 1.41. The molecular weight excluding hydrogens is 212 g/mol. The molecule has 0 N–H and O–H groups in total. The Labute approximate surface area is 104 Å². The summed E-state index contributed by atoms with van der Waals surface area (Å²) in [6, 6.07) is 10.5. The smallest absolute Gasteiger partial charge is 0.330 e. The molecule has 0 spiro atoms. The Balaban J connectivity index is 0.000000302. The van der Waals surface area contributed by atoms with Gasteiger partial charge in [0.05, 0.1) is 6.61 Å². The minimum Gasteiger partial charge on any atom is -0.463 e. The van der Waals surface area contributed by atoms with Gasteiger partial charge in [0.25, 0.3) is 0 Å². The summed E-state index contributed by atoms with van der Waals surface area (Å²) in [6.45, 7) is 7.99. The average Bonchev–Trinajstić information content (AvgIpc) is 2.40. The molecule has 17 heavy (non-hydrogen) atoms. The van der Waals surface area contributed by atoms with Crippen molar-refractivity contribution in [2.45, 2.75) is 33.1 Å². The molecule has 0 atom stereocenters. The van der Waals surface area contributed by atoms with Gasteiger partial charge in [0, 0.05) is 6.08 Å². The Hall–Kier alpha value is -1.57. The predicted molar refractivity (Wildman–Crippen MR) is 71.9 cm³/mol. The van der Waals surface area contributed by atoms with Gasteiger partial charge in [-0.05, 0) is 18.4 Å². The first-order valence-corrected chi connectivity index (χ1v) is 6.07. The predicted octanol–water partition coefficient (Wildman–Crippen LogP) is 3.76. The fourth-order valence-electron chi connectivity index (χ4n) is 1.09. The molecule has 0 fully saturated rings. The maximum atomic E-state index is 10.3. The molecule has 0 aromatic heterocycles. The van der Waals surface area contributed by atoms with Crippen molar-refractivity contribution >= 4 is 5.97 Å². The first kappa shape index (κ1) is 15.4. The highest BCUT2D eigenvalue weighted by Crippen LogP contribution is 1.96. The molecule has 1 aromatic rings. The summed E-state index contributed by atoms with van der Waals surface area (Å²) < 4.78 is 4.67. The van der Waals surface area contributed by atoms with E-state index in [0.29, 0.717) is 6.61 Å². The molecule has 0 amide bonds. The van der Waals surface area contributed by atoms with Crippen molar-refractivity contribution < 1.29 is 9.53 Å². The van der Waals surface area contributed by atoms with E-state index in [4.69, 9.17) is 0 Å². The quantitative estimate of drug-likeness (QED) is 0.440. The van der Waals surface area contributed by atoms with Crippen molar-refractivity contribution in [3.8, 4) is 0 Å². The molecule has 2 heteroatoms. The second-order valence-electron chi connectivity index (χ2n) is 3.56. The lowest BCUT2D eigenvalue weighted by Crippen LogP contribution is -2.00. The van der Waals surface area contributed by atoms with Gasteiger partial charge in [-0.2, -0.15) is 0 Å². The van der Waals surface area contributed by atoms with E-state index in [1.807, 2.05) is 13.0 Å². The van der Waals surface area contributed by atoms with Crippen LogP contribution in [-0.2, 0) is 16.0 Å². The van der Waals surface area contributed by atoms with Crippen LogP contribution in [0, 0.1) is 0 Å². The van der Waals surface area contributed by atoms with Gasteiger partial charge in [0.2, 0.25) is 0 Å². The van der Waals surface area contributed by atoms with Crippen molar-refractivity contribution in [3.05, 3.63) is 48.6 Å². The molecule has 94 valence electrons. The number of hydrogen-bond acceptors (Lipinski definition) is 2. The van der Waals surface area contributed by atoms with E-state index in [1.54, 1.807) is 0 Å². The fraction of sp³-hybridized carbons (Fsp3) is 0.400. The summed E-state index contributed by atoms with van der Waals surface area (Å²) in [6.07, 6.45) is 4.29. The second-order valence-corrected chi connectivity index (χ2v) is 3.56. The van der Waals surface area contributed by atoms with Crippen molar-refractivity contribution in [2.75, 3.05) is 6.61 Å². The zero-order chi connectivity index (χ0) is 12.9.